The number of benzene rings is 2. The summed E-state index contributed by atoms with van der Waals surface area (Å²) < 4.78 is 0. The topological polar surface area (TPSA) is 64.9 Å². The fourth-order valence-electron chi connectivity index (χ4n) is 1.74. The first-order valence-electron chi connectivity index (χ1n) is 7.08. The van der Waals surface area contributed by atoms with Gasteiger partial charge in [0.1, 0.15) is 0 Å². The first kappa shape index (κ1) is 17.3. The van der Waals surface area contributed by atoms with Crippen LogP contribution in [0.2, 0.25) is 0 Å². The Labute approximate surface area is 131 Å². The van der Waals surface area contributed by atoms with E-state index in [1.807, 2.05) is 43.4 Å². The van der Waals surface area contributed by atoms with Gasteiger partial charge in [-0.1, -0.05) is 26.0 Å². The molecule has 2 aromatic carbocycles. The molecule has 0 aliphatic carbocycles. The summed E-state index contributed by atoms with van der Waals surface area (Å²) in [6, 6.07) is 17.2. The Morgan fingerprint density at radius 1 is 1.00 bits per heavy atom. The number of amides is 1. The van der Waals surface area contributed by atoms with Crippen LogP contribution in [-0.2, 0) is 4.79 Å². The van der Waals surface area contributed by atoms with Crippen molar-refractivity contribution in [1.29, 1.82) is 5.26 Å². The van der Waals surface area contributed by atoms with Crippen LogP contribution < -0.4 is 10.6 Å². The van der Waals surface area contributed by atoms with Gasteiger partial charge in [0.05, 0.1) is 11.6 Å². The lowest BCUT2D eigenvalue weighted by Gasteiger charge is -2.05. The summed E-state index contributed by atoms with van der Waals surface area (Å²) in [5, 5.41) is 14.0. The zero-order valence-corrected chi connectivity index (χ0v) is 13.1. The summed E-state index contributed by atoms with van der Waals surface area (Å²) in [4.78, 5) is 10.1. The van der Waals surface area contributed by atoms with E-state index in [1.165, 1.54) is 5.56 Å². The molecule has 4 heteroatoms. The lowest BCUT2D eigenvalue weighted by atomic mass is 10.0. The SMILES string of the molecule is CC(C)c1ccc(NC=O)cc1.CNc1ccc(C#N)cc1. The first-order chi connectivity index (χ1) is 10.6. The summed E-state index contributed by atoms with van der Waals surface area (Å²) in [7, 11) is 1.85. The molecule has 114 valence electrons. The van der Waals surface area contributed by atoms with Crippen molar-refractivity contribution in [2.45, 2.75) is 19.8 Å². The standard InChI is InChI=1S/C10H13NO.C8H8N2/c1-8(2)9-3-5-10(6-4-9)11-7-12;1-10-8-4-2-7(6-9)3-5-8/h3-8H,1-2H3,(H,11,12);2-5,10H,1H3. The van der Waals surface area contributed by atoms with Crippen molar-refractivity contribution >= 4 is 17.8 Å². The van der Waals surface area contributed by atoms with Crippen molar-refractivity contribution in [3.8, 4) is 6.07 Å². The molecule has 0 fully saturated rings. The zero-order valence-electron chi connectivity index (χ0n) is 13.1. The van der Waals surface area contributed by atoms with Gasteiger partial charge in [-0.3, -0.25) is 4.79 Å². The molecule has 0 heterocycles. The van der Waals surface area contributed by atoms with E-state index >= 15 is 0 Å². The third kappa shape index (κ3) is 5.68. The molecule has 0 aromatic heterocycles. The number of nitrogens with zero attached hydrogens (tertiary/aromatic N) is 1. The van der Waals surface area contributed by atoms with Gasteiger partial charge < -0.3 is 10.6 Å². The van der Waals surface area contributed by atoms with Crippen LogP contribution in [0.4, 0.5) is 11.4 Å². The van der Waals surface area contributed by atoms with Gasteiger partial charge in [-0.2, -0.15) is 5.26 Å². The van der Waals surface area contributed by atoms with Gasteiger partial charge in [-0.15, -0.1) is 0 Å². The van der Waals surface area contributed by atoms with E-state index in [4.69, 9.17) is 5.26 Å². The molecular weight excluding hydrogens is 274 g/mol. The highest BCUT2D eigenvalue weighted by atomic mass is 16.1. The molecule has 0 aliphatic heterocycles. The normalized spacial score (nSPS) is 9.23. The molecule has 2 rings (SSSR count). The second-order valence-corrected chi connectivity index (χ2v) is 4.98. The Hall–Kier alpha value is -2.80. The summed E-state index contributed by atoms with van der Waals surface area (Å²) in [6.07, 6.45) is 0.685. The van der Waals surface area contributed by atoms with Gasteiger partial charge in [0.15, 0.2) is 0 Å². The van der Waals surface area contributed by atoms with E-state index in [2.05, 4.69) is 30.6 Å². The monoisotopic (exact) mass is 295 g/mol. The smallest absolute Gasteiger partial charge is 0.211 e. The summed E-state index contributed by atoms with van der Waals surface area (Å²) in [5.74, 6) is 0.537. The van der Waals surface area contributed by atoms with Gasteiger partial charge in [0, 0.05) is 18.4 Å². The van der Waals surface area contributed by atoms with E-state index in [-0.39, 0.29) is 0 Å². The Bertz CT molecular complexity index is 610. The number of rotatable bonds is 4. The average molecular weight is 295 g/mol. The summed E-state index contributed by atoms with van der Waals surface area (Å²) >= 11 is 0. The molecule has 4 nitrogen and oxygen atoms in total. The highest BCUT2D eigenvalue weighted by Gasteiger charge is 1.97. The maximum atomic E-state index is 10.1. The highest BCUT2D eigenvalue weighted by molar-refractivity contribution is 5.71. The van der Waals surface area contributed by atoms with Crippen molar-refractivity contribution in [2.75, 3.05) is 17.7 Å². The highest BCUT2D eigenvalue weighted by Crippen LogP contribution is 2.16. The van der Waals surface area contributed by atoms with Gasteiger partial charge in [0.25, 0.3) is 0 Å². The van der Waals surface area contributed by atoms with Crippen LogP contribution in [0.1, 0.15) is 30.9 Å². The Morgan fingerprint density at radius 3 is 1.95 bits per heavy atom. The van der Waals surface area contributed by atoms with Gasteiger partial charge in [-0.25, -0.2) is 0 Å². The average Bonchev–Trinajstić information content (AvgIpc) is 2.56. The molecule has 0 radical (unpaired) electrons. The van der Waals surface area contributed by atoms with E-state index < -0.39 is 0 Å². The van der Waals surface area contributed by atoms with Crippen molar-refractivity contribution in [3.05, 3.63) is 59.7 Å². The van der Waals surface area contributed by atoms with Crippen LogP contribution in [-0.4, -0.2) is 13.5 Å². The molecule has 0 bridgehead atoms. The van der Waals surface area contributed by atoms with Gasteiger partial charge in [-0.05, 0) is 47.9 Å². The minimum atomic E-state index is 0.537. The van der Waals surface area contributed by atoms with Crippen molar-refractivity contribution in [1.82, 2.24) is 0 Å². The maximum absolute atomic E-state index is 10.1. The van der Waals surface area contributed by atoms with Crippen LogP contribution in [0, 0.1) is 11.3 Å². The number of anilines is 2. The molecule has 22 heavy (non-hydrogen) atoms. The number of hydrogen-bond donors (Lipinski definition) is 2. The number of carbonyl (C=O) groups excluding carboxylic acids is 1. The second kappa shape index (κ2) is 9.19. The molecule has 0 aliphatic rings. The molecule has 1 amide bonds. The Kier molecular flexibility index (Phi) is 7.21. The molecule has 0 atom stereocenters. The molecule has 0 saturated heterocycles. The third-order valence-corrected chi connectivity index (χ3v) is 3.11. The lowest BCUT2D eigenvalue weighted by molar-refractivity contribution is -0.105. The molecular formula is C18H21N3O. The van der Waals surface area contributed by atoms with Gasteiger partial charge >= 0.3 is 0 Å². The summed E-state index contributed by atoms with van der Waals surface area (Å²) in [5.41, 5.74) is 3.85. The van der Waals surface area contributed by atoms with E-state index in [1.54, 1.807) is 12.1 Å². The lowest BCUT2D eigenvalue weighted by Crippen LogP contribution is -1.94. The predicted molar refractivity (Wildman–Crippen MR) is 90.9 cm³/mol. The fourth-order valence-corrected chi connectivity index (χ4v) is 1.74. The number of nitriles is 1. The van der Waals surface area contributed by atoms with E-state index in [0.717, 1.165) is 11.4 Å². The van der Waals surface area contributed by atoms with E-state index in [0.29, 0.717) is 17.9 Å². The Morgan fingerprint density at radius 2 is 1.55 bits per heavy atom. The van der Waals surface area contributed by atoms with E-state index in [9.17, 15) is 4.79 Å². The van der Waals surface area contributed by atoms with Crippen LogP contribution in [0.5, 0.6) is 0 Å². The minimum Gasteiger partial charge on any atom is -0.388 e. The van der Waals surface area contributed by atoms with Crippen LogP contribution in [0.3, 0.4) is 0 Å². The van der Waals surface area contributed by atoms with Crippen LogP contribution >= 0.6 is 0 Å². The second-order valence-electron chi connectivity index (χ2n) is 4.98. The number of carbonyl (C=O) groups is 1. The van der Waals surface area contributed by atoms with Crippen molar-refractivity contribution in [2.24, 2.45) is 0 Å². The van der Waals surface area contributed by atoms with Crippen LogP contribution in [0.25, 0.3) is 0 Å². The molecule has 0 saturated carbocycles. The predicted octanol–water partition coefficient (Wildman–Crippen LogP) is 3.98. The number of nitrogens with one attached hydrogen (secondary N) is 2. The fraction of sp³-hybridized carbons (Fsp3) is 0.222. The molecule has 0 spiro atoms. The summed E-state index contributed by atoms with van der Waals surface area (Å²) in [6.45, 7) is 4.28. The molecule has 0 unspecified atom stereocenters. The largest absolute Gasteiger partial charge is 0.388 e. The first-order valence-corrected chi connectivity index (χ1v) is 7.08. The van der Waals surface area contributed by atoms with Crippen LogP contribution in [0.15, 0.2) is 48.5 Å². The third-order valence-electron chi connectivity index (χ3n) is 3.11. The van der Waals surface area contributed by atoms with Crippen molar-refractivity contribution < 1.29 is 4.79 Å². The number of hydrogen-bond acceptors (Lipinski definition) is 3. The Balaban J connectivity index is 0.000000224. The van der Waals surface area contributed by atoms with Gasteiger partial charge in [0.2, 0.25) is 6.41 Å². The molecule has 2 aromatic rings. The minimum absolute atomic E-state index is 0.537. The quantitative estimate of drug-likeness (QED) is 0.839. The maximum Gasteiger partial charge on any atom is 0.211 e. The van der Waals surface area contributed by atoms with Crippen molar-refractivity contribution in [3.63, 3.8) is 0 Å². The zero-order chi connectivity index (χ0) is 16.4. The molecule has 2 N–H and O–H groups in total.